The molecule has 3 rings (SSSR count). The highest BCUT2D eigenvalue weighted by Gasteiger charge is 2.38. The van der Waals surface area contributed by atoms with Gasteiger partial charge in [0.2, 0.25) is 5.91 Å². The molecular weight excluding hydrogens is 430 g/mol. The summed E-state index contributed by atoms with van der Waals surface area (Å²) < 4.78 is 5.61. The van der Waals surface area contributed by atoms with Gasteiger partial charge in [-0.25, -0.2) is 0 Å². The summed E-state index contributed by atoms with van der Waals surface area (Å²) in [6.45, 7) is 4.63. The predicted molar refractivity (Wildman–Crippen MR) is 123 cm³/mol. The fourth-order valence-corrected chi connectivity index (χ4v) is 4.73. The van der Waals surface area contributed by atoms with E-state index in [-0.39, 0.29) is 18.1 Å². The molecule has 32 heavy (non-hydrogen) atoms. The fraction of sp³-hybridized carbons (Fsp3) is 0.625. The molecule has 0 bridgehead atoms. The number of benzene rings is 1. The van der Waals surface area contributed by atoms with Gasteiger partial charge in [-0.15, -0.1) is 0 Å². The van der Waals surface area contributed by atoms with Crippen molar-refractivity contribution in [1.29, 1.82) is 0 Å². The van der Waals surface area contributed by atoms with Crippen molar-refractivity contribution in [3.63, 3.8) is 0 Å². The molecule has 0 aromatic heterocycles. The Morgan fingerprint density at radius 1 is 1.09 bits per heavy atom. The van der Waals surface area contributed by atoms with Gasteiger partial charge >= 0.3 is 11.8 Å². The molecule has 2 N–H and O–H groups in total. The van der Waals surface area contributed by atoms with E-state index in [2.05, 4.69) is 10.6 Å². The van der Waals surface area contributed by atoms with Gasteiger partial charge in [0.05, 0.1) is 6.10 Å². The molecule has 1 aromatic carbocycles. The molecule has 1 heterocycles. The van der Waals surface area contributed by atoms with Gasteiger partial charge in [-0.05, 0) is 45.6 Å². The average molecular weight is 464 g/mol. The quantitative estimate of drug-likeness (QED) is 0.607. The number of nitrogens with zero attached hydrogens (tertiary/aromatic N) is 1. The van der Waals surface area contributed by atoms with Gasteiger partial charge in [0, 0.05) is 35.8 Å². The van der Waals surface area contributed by atoms with Crippen molar-refractivity contribution in [1.82, 2.24) is 15.5 Å². The van der Waals surface area contributed by atoms with E-state index in [9.17, 15) is 14.4 Å². The summed E-state index contributed by atoms with van der Waals surface area (Å²) in [5.74, 6) is -1.77. The lowest BCUT2D eigenvalue weighted by Crippen LogP contribution is -2.53. The summed E-state index contributed by atoms with van der Waals surface area (Å²) in [6, 6.07) is 5.53. The van der Waals surface area contributed by atoms with Crippen LogP contribution in [-0.2, 0) is 19.1 Å². The highest BCUT2D eigenvalue weighted by molar-refractivity contribution is 6.36. The lowest BCUT2D eigenvalue weighted by molar-refractivity contribution is -0.152. The fourth-order valence-electron chi connectivity index (χ4n) is 4.49. The normalized spacial score (nSPS) is 20.1. The van der Waals surface area contributed by atoms with Crippen molar-refractivity contribution in [2.75, 3.05) is 13.2 Å². The average Bonchev–Trinajstić information content (AvgIpc) is 3.30. The minimum atomic E-state index is -1.02. The molecule has 0 unspecified atom stereocenters. The number of hydrogen-bond donors (Lipinski definition) is 2. The lowest BCUT2D eigenvalue weighted by atomic mass is 9.95. The van der Waals surface area contributed by atoms with Crippen molar-refractivity contribution >= 4 is 29.3 Å². The first kappa shape index (κ1) is 24.5. The minimum absolute atomic E-state index is 0.00122. The second kappa shape index (κ2) is 11.7. The van der Waals surface area contributed by atoms with E-state index in [1.54, 1.807) is 38.1 Å². The third kappa shape index (κ3) is 6.23. The molecule has 176 valence electrons. The van der Waals surface area contributed by atoms with Gasteiger partial charge < -0.3 is 20.3 Å². The standard InChI is InChI=1S/C24H34ClN3O4/c1-16(2)28(24(31)23(30)27-17-9-4-3-5-10-17)21(19-12-6-7-13-20(19)25)22(29)26-15-18-11-8-14-32-18/h6-7,12-13,16-18,21H,3-5,8-11,14-15H2,1-2H3,(H,26,29)(H,27,30)/t18-,21-/m0/s1. The Morgan fingerprint density at radius 3 is 2.44 bits per heavy atom. The van der Waals surface area contributed by atoms with Gasteiger partial charge in [-0.3, -0.25) is 14.4 Å². The highest BCUT2D eigenvalue weighted by Crippen LogP contribution is 2.30. The van der Waals surface area contributed by atoms with E-state index in [4.69, 9.17) is 16.3 Å². The first-order chi connectivity index (χ1) is 15.4. The zero-order chi connectivity index (χ0) is 23.1. The van der Waals surface area contributed by atoms with Crippen LogP contribution >= 0.6 is 11.6 Å². The van der Waals surface area contributed by atoms with Crippen molar-refractivity contribution in [3.8, 4) is 0 Å². The molecule has 0 radical (unpaired) electrons. The molecule has 3 amide bonds. The van der Waals surface area contributed by atoms with Crippen LogP contribution in [0.15, 0.2) is 24.3 Å². The number of carbonyl (C=O) groups is 3. The third-order valence-electron chi connectivity index (χ3n) is 6.18. The third-order valence-corrected chi connectivity index (χ3v) is 6.52. The lowest BCUT2D eigenvalue weighted by Gasteiger charge is -2.35. The Hall–Kier alpha value is -2.12. The molecule has 2 atom stereocenters. The number of nitrogens with one attached hydrogen (secondary N) is 2. The molecule has 1 aliphatic heterocycles. The first-order valence-corrected chi connectivity index (χ1v) is 12.0. The minimum Gasteiger partial charge on any atom is -0.376 e. The Balaban J connectivity index is 1.83. The van der Waals surface area contributed by atoms with Crippen LogP contribution in [-0.4, -0.2) is 54.0 Å². The first-order valence-electron chi connectivity index (χ1n) is 11.7. The molecule has 1 saturated carbocycles. The monoisotopic (exact) mass is 463 g/mol. The van der Waals surface area contributed by atoms with Crippen LogP contribution in [0.25, 0.3) is 0 Å². The van der Waals surface area contributed by atoms with Crippen LogP contribution < -0.4 is 10.6 Å². The van der Waals surface area contributed by atoms with Gasteiger partial charge in [0.1, 0.15) is 6.04 Å². The van der Waals surface area contributed by atoms with Gasteiger partial charge in [0.25, 0.3) is 0 Å². The molecule has 1 saturated heterocycles. The van der Waals surface area contributed by atoms with E-state index in [0.29, 0.717) is 23.7 Å². The van der Waals surface area contributed by atoms with Gasteiger partial charge in [-0.2, -0.15) is 0 Å². The molecular formula is C24H34ClN3O4. The van der Waals surface area contributed by atoms with E-state index in [1.807, 2.05) is 0 Å². The van der Waals surface area contributed by atoms with E-state index in [1.165, 1.54) is 4.90 Å². The van der Waals surface area contributed by atoms with Crippen LogP contribution in [0, 0.1) is 0 Å². The van der Waals surface area contributed by atoms with Crippen LogP contribution in [0.2, 0.25) is 5.02 Å². The zero-order valence-corrected chi connectivity index (χ0v) is 19.7. The van der Waals surface area contributed by atoms with Crippen molar-refractivity contribution in [3.05, 3.63) is 34.9 Å². The smallest absolute Gasteiger partial charge is 0.313 e. The van der Waals surface area contributed by atoms with E-state index >= 15 is 0 Å². The highest BCUT2D eigenvalue weighted by atomic mass is 35.5. The number of amides is 3. The number of ether oxygens (including phenoxy) is 1. The molecule has 1 aromatic rings. The number of rotatable bonds is 7. The van der Waals surface area contributed by atoms with Crippen LogP contribution in [0.5, 0.6) is 0 Å². The van der Waals surface area contributed by atoms with Crippen molar-refractivity contribution in [2.45, 2.75) is 83.0 Å². The Bertz CT molecular complexity index is 804. The van der Waals surface area contributed by atoms with Crippen LogP contribution in [0.3, 0.4) is 0 Å². The summed E-state index contributed by atoms with van der Waals surface area (Å²) in [5, 5.41) is 6.16. The maximum Gasteiger partial charge on any atom is 0.313 e. The number of hydrogen-bond acceptors (Lipinski definition) is 4. The van der Waals surface area contributed by atoms with Crippen molar-refractivity contribution in [2.24, 2.45) is 0 Å². The summed E-state index contributed by atoms with van der Waals surface area (Å²) >= 11 is 6.44. The molecule has 1 aliphatic carbocycles. The van der Waals surface area contributed by atoms with Gasteiger partial charge in [0.15, 0.2) is 0 Å². The second-order valence-electron chi connectivity index (χ2n) is 8.92. The summed E-state index contributed by atoms with van der Waals surface area (Å²) in [4.78, 5) is 40.9. The Morgan fingerprint density at radius 2 is 1.81 bits per heavy atom. The molecule has 7 nitrogen and oxygen atoms in total. The largest absolute Gasteiger partial charge is 0.376 e. The summed E-state index contributed by atoms with van der Waals surface area (Å²) in [7, 11) is 0. The number of carbonyl (C=O) groups excluding carboxylic acids is 3. The topological polar surface area (TPSA) is 87.7 Å². The SMILES string of the molecule is CC(C)N(C(=O)C(=O)NC1CCCCC1)[C@H](C(=O)NC[C@@H]1CCCO1)c1ccccc1Cl. The van der Waals surface area contributed by atoms with Crippen LogP contribution in [0.4, 0.5) is 0 Å². The maximum atomic E-state index is 13.4. The Kier molecular flexibility index (Phi) is 8.93. The van der Waals surface area contributed by atoms with Gasteiger partial charge in [-0.1, -0.05) is 49.1 Å². The van der Waals surface area contributed by atoms with E-state index < -0.39 is 23.9 Å². The molecule has 2 fully saturated rings. The number of halogens is 1. The summed E-state index contributed by atoms with van der Waals surface area (Å²) in [5.41, 5.74) is 0.492. The van der Waals surface area contributed by atoms with Crippen LogP contribution in [0.1, 0.15) is 70.4 Å². The maximum absolute atomic E-state index is 13.4. The predicted octanol–water partition coefficient (Wildman–Crippen LogP) is 3.36. The second-order valence-corrected chi connectivity index (χ2v) is 9.33. The Labute approximate surface area is 195 Å². The van der Waals surface area contributed by atoms with Crippen molar-refractivity contribution < 1.29 is 19.1 Å². The molecule has 8 heteroatoms. The molecule has 2 aliphatic rings. The summed E-state index contributed by atoms with van der Waals surface area (Å²) in [6.07, 6.45) is 6.79. The van der Waals surface area contributed by atoms with E-state index in [0.717, 1.165) is 44.9 Å². The zero-order valence-electron chi connectivity index (χ0n) is 18.9. The molecule has 0 spiro atoms.